The number of nitrogens with zero attached hydrogens (tertiary/aromatic N) is 1. The third-order valence-electron chi connectivity index (χ3n) is 3.86. The van der Waals surface area contributed by atoms with Gasteiger partial charge in [-0.15, -0.1) is 24.2 Å². The molecule has 1 amide bonds. The van der Waals surface area contributed by atoms with E-state index in [1.165, 1.54) is 16.7 Å². The van der Waals surface area contributed by atoms with Crippen LogP contribution < -0.4 is 5.14 Å². The highest BCUT2D eigenvalue weighted by Gasteiger charge is 2.18. The zero-order valence-corrected chi connectivity index (χ0v) is 20.8. The number of carbonyl (C=O) groups is 2. The van der Waals surface area contributed by atoms with Crippen LogP contribution in [0.3, 0.4) is 0 Å². The van der Waals surface area contributed by atoms with E-state index in [1.807, 2.05) is 12.1 Å². The highest BCUT2D eigenvalue weighted by atomic mass is 35.5. The topological polar surface area (TPSA) is 142 Å². The van der Waals surface area contributed by atoms with Gasteiger partial charge in [-0.25, -0.2) is 13.6 Å². The number of aliphatic carboxylic acids is 1. The summed E-state index contributed by atoms with van der Waals surface area (Å²) in [5.41, 5.74) is 0. The predicted octanol–water partition coefficient (Wildman–Crippen LogP) is 3.86. The van der Waals surface area contributed by atoms with Crippen LogP contribution in [0, 0.1) is 18.3 Å². The Morgan fingerprint density at radius 1 is 1.38 bits per heavy atom. The molecule has 0 aliphatic carbocycles. The van der Waals surface area contributed by atoms with Crippen molar-refractivity contribution in [2.45, 2.75) is 51.2 Å². The molecule has 11 heteroatoms. The van der Waals surface area contributed by atoms with Crippen molar-refractivity contribution >= 4 is 57.1 Å². The van der Waals surface area contributed by atoms with Gasteiger partial charge in [-0.05, 0) is 44.4 Å². The third-order valence-corrected chi connectivity index (χ3v) is 6.23. The first-order chi connectivity index (χ1) is 15.0. The van der Waals surface area contributed by atoms with Crippen LogP contribution in [0.25, 0.3) is 6.08 Å². The van der Waals surface area contributed by atoms with E-state index in [0.29, 0.717) is 13.0 Å². The fourth-order valence-electron chi connectivity index (χ4n) is 2.12. The molecule has 2 rings (SSSR count). The summed E-state index contributed by atoms with van der Waals surface area (Å²) in [7, 11) is -3.50. The number of terminal acetylenes is 1. The van der Waals surface area contributed by atoms with Crippen LogP contribution in [0.4, 0.5) is 0 Å². The van der Waals surface area contributed by atoms with Crippen LogP contribution in [0.2, 0.25) is 4.34 Å². The van der Waals surface area contributed by atoms with Crippen molar-refractivity contribution in [1.29, 1.82) is 5.41 Å². The molecule has 0 spiro atoms. The number of primary sulfonamides is 1. The number of amides is 1. The van der Waals surface area contributed by atoms with Crippen molar-refractivity contribution < 1.29 is 23.1 Å². The molecule has 1 aromatic heterocycles. The van der Waals surface area contributed by atoms with Crippen LogP contribution in [0.1, 0.15) is 50.8 Å². The van der Waals surface area contributed by atoms with Crippen LogP contribution >= 0.6 is 22.9 Å². The van der Waals surface area contributed by atoms with Gasteiger partial charge < -0.3 is 15.4 Å². The Labute approximate surface area is 200 Å². The molecule has 0 saturated carbocycles. The Morgan fingerprint density at radius 2 is 2.00 bits per heavy atom. The predicted molar refractivity (Wildman–Crippen MR) is 133 cm³/mol. The minimum atomic E-state index is -3.50. The van der Waals surface area contributed by atoms with Crippen molar-refractivity contribution in [2.24, 2.45) is 5.14 Å². The number of sulfonamides is 1. The van der Waals surface area contributed by atoms with Gasteiger partial charge in [0.1, 0.15) is 11.8 Å². The SMILES string of the molecule is C#C.CC(C=N)S(N)(=O)=O.CC/C=C/c1ccc(Cl)s1.O=C(O)CN1CCCCCC1=O. The average molecular weight is 506 g/mol. The highest BCUT2D eigenvalue weighted by Crippen LogP contribution is 2.22. The molecule has 1 unspecified atom stereocenters. The lowest BCUT2D eigenvalue weighted by atomic mass is 10.2. The van der Waals surface area contributed by atoms with Crippen LogP contribution in [0.15, 0.2) is 18.2 Å². The van der Waals surface area contributed by atoms with Crippen molar-refractivity contribution in [2.75, 3.05) is 13.1 Å². The molecule has 8 nitrogen and oxygen atoms in total. The summed E-state index contributed by atoms with van der Waals surface area (Å²) in [6.45, 7) is 3.93. The quantitative estimate of drug-likeness (QED) is 0.397. The second-order valence-electron chi connectivity index (χ2n) is 6.43. The number of carboxylic acid groups (broad SMARTS) is 1. The van der Waals surface area contributed by atoms with Gasteiger partial charge in [0.15, 0.2) is 0 Å². The number of hydrogen-bond donors (Lipinski definition) is 3. The Bertz CT molecular complexity index is 851. The maximum absolute atomic E-state index is 11.2. The molecule has 0 aromatic carbocycles. The highest BCUT2D eigenvalue weighted by molar-refractivity contribution is 7.90. The van der Waals surface area contributed by atoms with E-state index in [1.54, 1.807) is 11.3 Å². The van der Waals surface area contributed by atoms with Gasteiger partial charge in [0.2, 0.25) is 15.9 Å². The minimum Gasteiger partial charge on any atom is -0.480 e. The molecular formula is C21H32ClN3O5S2. The van der Waals surface area contributed by atoms with Gasteiger partial charge in [0.25, 0.3) is 0 Å². The summed E-state index contributed by atoms with van der Waals surface area (Å²) in [5.74, 6) is -0.944. The number of halogens is 1. The van der Waals surface area contributed by atoms with Gasteiger partial charge >= 0.3 is 5.97 Å². The molecule has 1 fully saturated rings. The maximum atomic E-state index is 11.2. The summed E-state index contributed by atoms with van der Waals surface area (Å²) in [5, 5.41) is 18.7. The summed E-state index contributed by atoms with van der Waals surface area (Å²) in [6.07, 6.45) is 17.5. The molecule has 4 N–H and O–H groups in total. The summed E-state index contributed by atoms with van der Waals surface area (Å²) < 4.78 is 21.2. The largest absolute Gasteiger partial charge is 0.480 e. The number of hydrogen-bond acceptors (Lipinski definition) is 6. The van der Waals surface area contributed by atoms with Gasteiger partial charge in [0.05, 0.1) is 4.34 Å². The number of nitrogens with two attached hydrogens (primary N) is 1. The summed E-state index contributed by atoms with van der Waals surface area (Å²) in [6, 6.07) is 3.95. The first-order valence-corrected chi connectivity index (χ1v) is 12.6. The standard InChI is InChI=1S/C8H9ClS.C8H13NO3.C3H8N2O2S.C2H2/c1-2-3-4-7-5-6-8(9)10-7;10-7-4-2-1-3-5-9(7)6-8(11)12;1-3(2-4)8(5,6)7;1-2/h3-6H,2H2,1H3;1-6H2,(H,11,12);2-4H,1H3,(H2,5,6,7);1-2H/b4-3+;;;. The number of allylic oxidation sites excluding steroid dienone is 1. The van der Waals surface area contributed by atoms with E-state index in [-0.39, 0.29) is 12.5 Å². The van der Waals surface area contributed by atoms with E-state index >= 15 is 0 Å². The number of nitrogens with one attached hydrogen (secondary N) is 1. The lowest BCUT2D eigenvalue weighted by molar-refractivity contribution is -0.144. The monoisotopic (exact) mass is 505 g/mol. The lowest BCUT2D eigenvalue weighted by Gasteiger charge is -2.17. The first kappa shape index (κ1) is 32.0. The molecule has 2 heterocycles. The summed E-state index contributed by atoms with van der Waals surface area (Å²) in [4.78, 5) is 24.2. The Hall–Kier alpha value is -2.19. The zero-order valence-electron chi connectivity index (χ0n) is 18.4. The van der Waals surface area contributed by atoms with Gasteiger partial charge in [-0.1, -0.05) is 31.0 Å². The molecule has 1 aromatic rings. The molecular weight excluding hydrogens is 474 g/mol. The molecule has 0 radical (unpaired) electrons. The van der Waals surface area contributed by atoms with Crippen LogP contribution in [0.5, 0.6) is 0 Å². The van der Waals surface area contributed by atoms with E-state index in [2.05, 4.69) is 37.1 Å². The molecule has 180 valence electrons. The van der Waals surface area contributed by atoms with E-state index in [0.717, 1.165) is 36.2 Å². The zero-order chi connectivity index (χ0) is 25.2. The van der Waals surface area contributed by atoms with Gasteiger partial charge in [-0.2, -0.15) is 0 Å². The Balaban J connectivity index is 0. The average Bonchev–Trinajstić information content (AvgIpc) is 3.06. The van der Waals surface area contributed by atoms with E-state index in [9.17, 15) is 18.0 Å². The number of carboxylic acids is 1. The Kier molecular flexibility index (Phi) is 18.4. The fourth-order valence-corrected chi connectivity index (χ4v) is 3.30. The number of carbonyl (C=O) groups excluding carboxylic acids is 1. The van der Waals surface area contributed by atoms with E-state index in [4.69, 9.17) is 22.1 Å². The second kappa shape index (κ2) is 18.4. The fraction of sp³-hybridized carbons (Fsp3) is 0.476. The molecule has 1 saturated heterocycles. The normalized spacial score (nSPS) is 14.4. The smallest absolute Gasteiger partial charge is 0.323 e. The number of rotatable bonds is 6. The van der Waals surface area contributed by atoms with Crippen molar-refractivity contribution in [1.82, 2.24) is 4.90 Å². The number of likely N-dealkylation sites (tertiary alicyclic amines) is 1. The molecule has 1 aliphatic heterocycles. The molecule has 1 aliphatic rings. The van der Waals surface area contributed by atoms with E-state index < -0.39 is 21.2 Å². The van der Waals surface area contributed by atoms with Crippen LogP contribution in [-0.2, 0) is 19.6 Å². The Morgan fingerprint density at radius 3 is 2.41 bits per heavy atom. The van der Waals surface area contributed by atoms with Crippen molar-refractivity contribution in [3.8, 4) is 12.8 Å². The first-order valence-electron chi connectivity index (χ1n) is 9.78. The summed E-state index contributed by atoms with van der Waals surface area (Å²) >= 11 is 7.33. The van der Waals surface area contributed by atoms with Crippen molar-refractivity contribution in [3.05, 3.63) is 27.4 Å². The third kappa shape index (κ3) is 16.5. The lowest BCUT2D eigenvalue weighted by Crippen LogP contribution is -2.34. The minimum absolute atomic E-state index is 0.0186. The molecule has 0 bridgehead atoms. The van der Waals surface area contributed by atoms with Crippen molar-refractivity contribution in [3.63, 3.8) is 0 Å². The molecule has 32 heavy (non-hydrogen) atoms. The molecule has 1 atom stereocenters. The van der Waals surface area contributed by atoms with Crippen LogP contribution in [-0.4, -0.2) is 54.9 Å². The maximum Gasteiger partial charge on any atom is 0.323 e. The van der Waals surface area contributed by atoms with Gasteiger partial charge in [0, 0.05) is 24.1 Å². The second-order valence-corrected chi connectivity index (χ2v) is 10.1. The number of thiophene rings is 1. The van der Waals surface area contributed by atoms with Gasteiger partial charge in [-0.3, -0.25) is 9.59 Å².